The van der Waals surface area contributed by atoms with Gasteiger partial charge in [0.05, 0.1) is 0 Å². The Morgan fingerprint density at radius 1 is 0.810 bits per heavy atom. The number of fused-ring (bicyclic) bond motifs is 2. The second kappa shape index (κ2) is 11.4. The minimum absolute atomic E-state index is 0. The van der Waals surface area contributed by atoms with Gasteiger partial charge >= 0.3 is 26.2 Å². The maximum absolute atomic E-state index is 4.38. The van der Waals surface area contributed by atoms with Crippen molar-refractivity contribution in [2.45, 2.75) is 24.2 Å². The van der Waals surface area contributed by atoms with Gasteiger partial charge < -0.3 is 35.4 Å². The average Bonchev–Trinajstić information content (AvgIpc) is 3.08. The molecule has 21 heavy (non-hydrogen) atoms. The predicted molar refractivity (Wildman–Crippen MR) is 84.3 cm³/mol. The molecule has 4 aliphatic rings. The molecule has 112 valence electrons. The second-order valence-electron chi connectivity index (χ2n) is 4.66. The third-order valence-corrected chi connectivity index (χ3v) is 6.19. The molecule has 0 aromatic heterocycles. The predicted octanol–water partition coefficient (Wildman–Crippen LogP) is -1.55. The molecule has 0 radical (unpaired) electrons. The zero-order valence-electron chi connectivity index (χ0n) is 11.6. The topological polar surface area (TPSA) is 28.2 Å². The summed E-state index contributed by atoms with van der Waals surface area (Å²) in [5, 5.41) is 8.76. The second-order valence-corrected chi connectivity index (χ2v) is 7.50. The molecule has 4 atom stereocenters. The molecule has 0 aromatic carbocycles. The Hall–Kier alpha value is 0.883. The van der Waals surface area contributed by atoms with Gasteiger partial charge in [-0.1, -0.05) is 36.5 Å². The smallest absolute Gasteiger partial charge is 1.00 e. The Morgan fingerprint density at radius 2 is 1.24 bits per heavy atom. The minimum Gasteiger partial charge on any atom is -1.00 e. The van der Waals surface area contributed by atoms with Crippen molar-refractivity contribution in [1.29, 1.82) is 0 Å². The standard InChI is InChI=1S/2C7H9NP.2ClH.Zr/c2*1-2-4-7-6(3-1)8-5-9-7;;;/h2*1-3,7,9H,4-5H2;2*1H;/q2*-1;;;+4/p-2. The van der Waals surface area contributed by atoms with Gasteiger partial charge in [0.1, 0.15) is 0 Å². The van der Waals surface area contributed by atoms with Crippen molar-refractivity contribution in [3.8, 4) is 0 Å². The van der Waals surface area contributed by atoms with Gasteiger partial charge in [0, 0.05) is 0 Å². The number of hydrogen-bond acceptors (Lipinski definition) is 0. The Kier molecular flexibility index (Phi) is 11.9. The van der Waals surface area contributed by atoms with Crippen molar-refractivity contribution in [1.82, 2.24) is 0 Å². The molecule has 2 fully saturated rings. The molecular formula is C14H18Cl2N2P2Zr. The first-order valence-corrected chi connectivity index (χ1v) is 9.05. The SMILES string of the molecule is C1=CCC2PC[N-]C2=C1.C1=CCC2PC[N-]C2=C1.[Cl-].[Cl-].[Zr+4]. The van der Waals surface area contributed by atoms with Crippen LogP contribution in [0.1, 0.15) is 12.8 Å². The van der Waals surface area contributed by atoms with Gasteiger partial charge in [-0.3, -0.25) is 0 Å². The Balaban J connectivity index is 0.000000333. The molecule has 2 saturated heterocycles. The van der Waals surface area contributed by atoms with E-state index < -0.39 is 0 Å². The first-order chi connectivity index (χ1) is 8.93. The maximum atomic E-state index is 4.38. The van der Waals surface area contributed by atoms with Crippen LogP contribution in [0.2, 0.25) is 0 Å². The van der Waals surface area contributed by atoms with Crippen molar-refractivity contribution in [2.75, 3.05) is 12.6 Å². The van der Waals surface area contributed by atoms with Crippen molar-refractivity contribution < 1.29 is 51.0 Å². The number of nitrogens with zero attached hydrogens (tertiary/aromatic N) is 2. The Labute approximate surface area is 162 Å². The molecule has 0 spiro atoms. The van der Waals surface area contributed by atoms with Gasteiger partial charge in [-0.25, -0.2) is 0 Å². The molecule has 2 nitrogen and oxygen atoms in total. The summed E-state index contributed by atoms with van der Waals surface area (Å²) in [7, 11) is 2.10. The van der Waals surface area contributed by atoms with E-state index in [1.807, 2.05) is 0 Å². The molecule has 4 unspecified atom stereocenters. The molecule has 2 heterocycles. The van der Waals surface area contributed by atoms with Gasteiger partial charge in [-0.15, -0.1) is 29.7 Å². The van der Waals surface area contributed by atoms with E-state index in [0.29, 0.717) is 0 Å². The first-order valence-electron chi connectivity index (χ1n) is 6.49. The molecule has 0 bridgehead atoms. The van der Waals surface area contributed by atoms with Gasteiger partial charge in [-0.2, -0.15) is 11.4 Å². The molecule has 0 saturated carbocycles. The van der Waals surface area contributed by atoms with Crippen molar-refractivity contribution in [3.05, 3.63) is 58.5 Å². The third-order valence-electron chi connectivity index (χ3n) is 3.46. The van der Waals surface area contributed by atoms with E-state index in [-0.39, 0.29) is 51.0 Å². The van der Waals surface area contributed by atoms with Crippen molar-refractivity contribution in [2.24, 2.45) is 0 Å². The fourth-order valence-electron chi connectivity index (χ4n) is 2.43. The largest absolute Gasteiger partial charge is 4.00 e. The fourth-order valence-corrected chi connectivity index (χ4v) is 4.82. The number of hydrogen-bond donors (Lipinski definition) is 0. The van der Waals surface area contributed by atoms with Gasteiger partial charge in [-0.05, 0) is 24.2 Å². The fraction of sp³-hybridized carbons (Fsp3) is 0.429. The van der Waals surface area contributed by atoms with Crippen LogP contribution in [0.25, 0.3) is 10.6 Å². The van der Waals surface area contributed by atoms with Crippen molar-refractivity contribution in [3.63, 3.8) is 0 Å². The summed E-state index contributed by atoms with van der Waals surface area (Å²) >= 11 is 0. The molecule has 2 aliphatic carbocycles. The summed E-state index contributed by atoms with van der Waals surface area (Å²) in [5.74, 6) is 0. The van der Waals surface area contributed by atoms with Crippen LogP contribution in [0, 0.1) is 0 Å². The third kappa shape index (κ3) is 6.12. The zero-order chi connectivity index (χ0) is 12.2. The number of halogens is 2. The number of rotatable bonds is 0. The first kappa shape index (κ1) is 21.9. The van der Waals surface area contributed by atoms with E-state index in [4.69, 9.17) is 0 Å². The summed E-state index contributed by atoms with van der Waals surface area (Å²) in [6, 6.07) is 0. The van der Waals surface area contributed by atoms with Crippen LogP contribution in [-0.2, 0) is 26.2 Å². The van der Waals surface area contributed by atoms with E-state index in [2.05, 4.69) is 47.1 Å². The molecule has 2 aliphatic heterocycles. The van der Waals surface area contributed by atoms with E-state index >= 15 is 0 Å². The maximum Gasteiger partial charge on any atom is 4.00 e. The van der Waals surface area contributed by atoms with E-state index in [1.54, 1.807) is 0 Å². The molecule has 0 aromatic rings. The van der Waals surface area contributed by atoms with Crippen molar-refractivity contribution >= 4 is 17.2 Å². The average molecular weight is 438 g/mol. The van der Waals surface area contributed by atoms with Crippen LogP contribution in [0.5, 0.6) is 0 Å². The van der Waals surface area contributed by atoms with Crippen LogP contribution >= 0.6 is 17.2 Å². The summed E-state index contributed by atoms with van der Waals surface area (Å²) in [4.78, 5) is 0. The Bertz CT molecular complexity index is 399. The normalized spacial score (nSPS) is 29.0. The zero-order valence-corrected chi connectivity index (χ0v) is 17.6. The van der Waals surface area contributed by atoms with Gasteiger partial charge in [0.2, 0.25) is 0 Å². The molecular weight excluding hydrogens is 420 g/mol. The molecule has 0 amide bonds. The molecule has 4 rings (SSSR count). The van der Waals surface area contributed by atoms with E-state index in [1.165, 1.54) is 24.2 Å². The van der Waals surface area contributed by atoms with Crippen LogP contribution in [0.4, 0.5) is 0 Å². The minimum atomic E-state index is 0. The number of allylic oxidation sites excluding steroid dienone is 8. The van der Waals surface area contributed by atoms with Crippen LogP contribution in [0.15, 0.2) is 47.9 Å². The van der Waals surface area contributed by atoms with E-state index in [0.717, 1.165) is 41.1 Å². The summed E-state index contributed by atoms with van der Waals surface area (Å²) in [6.07, 6.45) is 17.6. The molecule has 7 heteroatoms. The summed E-state index contributed by atoms with van der Waals surface area (Å²) in [6.45, 7) is 0. The van der Waals surface area contributed by atoms with Crippen LogP contribution in [0.3, 0.4) is 0 Å². The van der Waals surface area contributed by atoms with Crippen LogP contribution in [-0.4, -0.2) is 23.9 Å². The van der Waals surface area contributed by atoms with E-state index in [9.17, 15) is 0 Å². The molecule has 0 N–H and O–H groups in total. The quantitative estimate of drug-likeness (QED) is 0.410. The summed E-state index contributed by atoms with van der Waals surface area (Å²) in [5.41, 5.74) is 4.29. The Morgan fingerprint density at radius 3 is 1.62 bits per heavy atom. The van der Waals surface area contributed by atoms with Gasteiger partial charge in [0.15, 0.2) is 0 Å². The monoisotopic (exact) mass is 436 g/mol. The van der Waals surface area contributed by atoms with Crippen LogP contribution < -0.4 is 24.8 Å². The summed E-state index contributed by atoms with van der Waals surface area (Å²) < 4.78 is 0. The van der Waals surface area contributed by atoms with Gasteiger partial charge in [0.25, 0.3) is 0 Å².